The van der Waals surface area contributed by atoms with Crippen molar-refractivity contribution in [3.8, 4) is 0 Å². The average Bonchev–Trinajstić information content (AvgIpc) is 2.88. The van der Waals surface area contributed by atoms with E-state index in [-0.39, 0.29) is 12.2 Å². The normalized spacial score (nSPS) is 10.7. The number of benzene rings is 2. The molecule has 3 rings (SSSR count). The van der Waals surface area contributed by atoms with Crippen LogP contribution in [0.1, 0.15) is 0 Å². The van der Waals surface area contributed by atoms with Crippen LogP contribution in [0.2, 0.25) is 0 Å². The van der Waals surface area contributed by atoms with Gasteiger partial charge in [0, 0.05) is 6.07 Å². The predicted molar refractivity (Wildman–Crippen MR) is 83.5 cm³/mol. The summed E-state index contributed by atoms with van der Waals surface area (Å²) in [6, 6.07) is 10.6. The van der Waals surface area contributed by atoms with Gasteiger partial charge in [-0.05, 0) is 24.3 Å². The lowest BCUT2D eigenvalue weighted by Gasteiger charge is -2.05. The molecule has 2 aromatic carbocycles. The number of nitrogens with one attached hydrogen (secondary N) is 1. The first-order valence-electron chi connectivity index (χ1n) is 6.95. The van der Waals surface area contributed by atoms with E-state index < -0.39 is 17.5 Å². The fourth-order valence-electron chi connectivity index (χ4n) is 2.41. The van der Waals surface area contributed by atoms with Gasteiger partial charge in [0.25, 0.3) is 5.91 Å². The van der Waals surface area contributed by atoms with Crippen LogP contribution in [0.15, 0.2) is 55.4 Å². The molecule has 1 amide bonds. The third kappa shape index (κ3) is 2.96. The Balaban J connectivity index is 1.84. The van der Waals surface area contributed by atoms with Crippen LogP contribution in [-0.2, 0) is 11.3 Å². The van der Waals surface area contributed by atoms with E-state index in [0.29, 0.717) is 0 Å². The number of aromatic nitrogens is 2. The van der Waals surface area contributed by atoms with Crippen LogP contribution in [0.4, 0.5) is 14.5 Å². The molecule has 0 bridgehead atoms. The molecular formula is C17H14F2N3O+. The van der Waals surface area contributed by atoms with Gasteiger partial charge in [0.2, 0.25) is 6.33 Å². The number of para-hydroxylation sites is 2. The molecule has 4 nitrogen and oxygen atoms in total. The van der Waals surface area contributed by atoms with E-state index in [9.17, 15) is 13.6 Å². The van der Waals surface area contributed by atoms with Crippen molar-refractivity contribution in [2.75, 3.05) is 5.32 Å². The van der Waals surface area contributed by atoms with Gasteiger partial charge in [-0.25, -0.2) is 17.9 Å². The van der Waals surface area contributed by atoms with Crippen LogP contribution in [0.25, 0.3) is 17.2 Å². The lowest BCUT2D eigenvalue weighted by atomic mass is 10.3. The maximum absolute atomic E-state index is 13.6. The summed E-state index contributed by atoms with van der Waals surface area (Å²) in [5.74, 6) is -1.91. The molecule has 0 spiro atoms. The SMILES string of the molecule is C=Cn1c[n+](CC(=O)Nc2ccc(F)cc2F)c2ccccc21. The van der Waals surface area contributed by atoms with Gasteiger partial charge in [-0.1, -0.05) is 18.7 Å². The lowest BCUT2D eigenvalue weighted by molar-refractivity contribution is -0.658. The molecule has 0 radical (unpaired) electrons. The molecule has 1 heterocycles. The quantitative estimate of drug-likeness (QED) is 0.739. The van der Waals surface area contributed by atoms with Gasteiger partial charge in [0.05, 0.1) is 11.9 Å². The van der Waals surface area contributed by atoms with E-state index in [0.717, 1.165) is 23.2 Å². The van der Waals surface area contributed by atoms with Gasteiger partial charge in [-0.15, -0.1) is 0 Å². The van der Waals surface area contributed by atoms with Crippen LogP contribution in [0, 0.1) is 11.6 Å². The summed E-state index contributed by atoms with van der Waals surface area (Å²) < 4.78 is 30.0. The lowest BCUT2D eigenvalue weighted by Crippen LogP contribution is -2.39. The monoisotopic (exact) mass is 314 g/mol. The Bertz CT molecular complexity index is 902. The molecule has 1 N–H and O–H groups in total. The van der Waals surface area contributed by atoms with Crippen LogP contribution in [-0.4, -0.2) is 10.5 Å². The second kappa shape index (κ2) is 6.00. The predicted octanol–water partition coefficient (Wildman–Crippen LogP) is 2.95. The highest BCUT2D eigenvalue weighted by molar-refractivity contribution is 5.90. The van der Waals surface area contributed by atoms with E-state index in [4.69, 9.17) is 0 Å². The second-order valence-corrected chi connectivity index (χ2v) is 4.99. The molecule has 0 saturated carbocycles. The number of halogens is 2. The minimum absolute atomic E-state index is 0.00182. The topological polar surface area (TPSA) is 37.9 Å². The number of carbonyl (C=O) groups is 1. The number of rotatable bonds is 4. The van der Waals surface area contributed by atoms with Crippen molar-refractivity contribution in [2.24, 2.45) is 0 Å². The van der Waals surface area contributed by atoms with E-state index in [2.05, 4.69) is 11.9 Å². The number of fused-ring (bicyclic) bond motifs is 1. The average molecular weight is 314 g/mol. The van der Waals surface area contributed by atoms with Crippen molar-refractivity contribution in [1.82, 2.24) is 4.57 Å². The maximum Gasteiger partial charge on any atom is 0.266 e. The van der Waals surface area contributed by atoms with Crippen molar-refractivity contribution >= 4 is 28.8 Å². The highest BCUT2D eigenvalue weighted by atomic mass is 19.1. The van der Waals surface area contributed by atoms with Crippen molar-refractivity contribution < 1.29 is 18.1 Å². The third-order valence-corrected chi connectivity index (χ3v) is 3.45. The fourth-order valence-corrected chi connectivity index (χ4v) is 2.41. The van der Waals surface area contributed by atoms with Crippen molar-refractivity contribution in [2.45, 2.75) is 6.54 Å². The molecule has 0 aliphatic rings. The molecule has 1 aromatic heterocycles. The zero-order valence-electron chi connectivity index (χ0n) is 12.2. The van der Waals surface area contributed by atoms with Crippen molar-refractivity contribution in [3.63, 3.8) is 0 Å². The van der Waals surface area contributed by atoms with E-state index in [1.807, 2.05) is 24.3 Å². The number of nitrogens with zero attached hydrogens (tertiary/aromatic N) is 2. The first-order valence-corrected chi connectivity index (χ1v) is 6.95. The summed E-state index contributed by atoms with van der Waals surface area (Å²) in [5, 5.41) is 2.44. The van der Waals surface area contributed by atoms with Gasteiger partial charge >= 0.3 is 0 Å². The molecule has 6 heteroatoms. The summed E-state index contributed by atoms with van der Waals surface area (Å²) in [4.78, 5) is 12.1. The number of hydrogen-bond acceptors (Lipinski definition) is 1. The molecule has 0 aliphatic heterocycles. The molecule has 0 fully saturated rings. The fraction of sp³-hybridized carbons (Fsp3) is 0.0588. The summed E-state index contributed by atoms with van der Waals surface area (Å²) in [7, 11) is 0. The molecular weight excluding hydrogens is 300 g/mol. The maximum atomic E-state index is 13.6. The van der Waals surface area contributed by atoms with Crippen LogP contribution in [0.5, 0.6) is 0 Å². The van der Waals surface area contributed by atoms with Crippen LogP contribution in [0.3, 0.4) is 0 Å². The number of amides is 1. The highest BCUT2D eigenvalue weighted by Gasteiger charge is 2.17. The number of anilines is 1. The molecule has 3 aromatic rings. The number of imidazole rings is 1. The zero-order valence-corrected chi connectivity index (χ0v) is 12.2. The van der Waals surface area contributed by atoms with Crippen molar-refractivity contribution in [3.05, 3.63) is 67.0 Å². The van der Waals surface area contributed by atoms with Gasteiger partial charge in [0.1, 0.15) is 11.6 Å². The van der Waals surface area contributed by atoms with Gasteiger partial charge in [-0.2, -0.15) is 0 Å². The molecule has 0 saturated heterocycles. The van der Waals surface area contributed by atoms with Gasteiger partial charge in [-0.3, -0.25) is 4.79 Å². The second-order valence-electron chi connectivity index (χ2n) is 4.99. The van der Waals surface area contributed by atoms with Crippen LogP contribution < -0.4 is 9.88 Å². The van der Waals surface area contributed by atoms with E-state index >= 15 is 0 Å². The standard InChI is InChI=1S/C17H13F2N3O/c1-2-21-11-22(16-6-4-3-5-15(16)21)10-17(23)20-14-8-7-12(18)9-13(14)19/h2-9,11H,1,10H2/p+1. The Kier molecular flexibility index (Phi) is 3.89. The zero-order chi connectivity index (χ0) is 16.4. The molecule has 116 valence electrons. The summed E-state index contributed by atoms with van der Waals surface area (Å²) in [6.07, 6.45) is 3.37. The Morgan fingerprint density at radius 3 is 2.78 bits per heavy atom. The van der Waals surface area contributed by atoms with Crippen LogP contribution >= 0.6 is 0 Å². The third-order valence-electron chi connectivity index (χ3n) is 3.45. The Morgan fingerprint density at radius 1 is 1.26 bits per heavy atom. The molecule has 23 heavy (non-hydrogen) atoms. The minimum Gasteiger partial charge on any atom is -0.320 e. The van der Waals surface area contributed by atoms with Gasteiger partial charge < -0.3 is 5.32 Å². The van der Waals surface area contributed by atoms with E-state index in [1.54, 1.807) is 21.7 Å². The summed E-state index contributed by atoms with van der Waals surface area (Å²) >= 11 is 0. The highest BCUT2D eigenvalue weighted by Crippen LogP contribution is 2.15. The number of carbonyl (C=O) groups excluding carboxylic acids is 1. The first kappa shape index (κ1) is 14.9. The Labute approximate surface area is 131 Å². The summed E-state index contributed by atoms with van der Waals surface area (Å²) in [6.45, 7) is 3.72. The Morgan fingerprint density at radius 2 is 2.04 bits per heavy atom. The first-order chi connectivity index (χ1) is 11.1. The smallest absolute Gasteiger partial charge is 0.266 e. The van der Waals surface area contributed by atoms with E-state index in [1.165, 1.54) is 6.07 Å². The Hall–Kier alpha value is -3.02. The molecule has 0 aliphatic carbocycles. The molecule has 0 atom stereocenters. The van der Waals surface area contributed by atoms with Gasteiger partial charge in [0.15, 0.2) is 17.6 Å². The van der Waals surface area contributed by atoms with Crippen molar-refractivity contribution in [1.29, 1.82) is 0 Å². The summed E-state index contributed by atoms with van der Waals surface area (Å²) in [5.41, 5.74) is 1.70. The minimum atomic E-state index is -0.808. The molecule has 0 unspecified atom stereocenters. The number of hydrogen-bond donors (Lipinski definition) is 1. The largest absolute Gasteiger partial charge is 0.320 e.